The van der Waals surface area contributed by atoms with Gasteiger partial charge in [-0.25, -0.2) is 9.78 Å². The van der Waals surface area contributed by atoms with Gasteiger partial charge in [-0.2, -0.15) is 0 Å². The largest absolute Gasteiger partial charge is 0.337 e. The minimum atomic E-state index is -0.438. The van der Waals surface area contributed by atoms with Gasteiger partial charge in [0.2, 0.25) is 0 Å². The molecule has 114 valence electrons. The van der Waals surface area contributed by atoms with Crippen LogP contribution in [0.1, 0.15) is 31.7 Å². The number of imidazole rings is 1. The van der Waals surface area contributed by atoms with Crippen LogP contribution in [0.3, 0.4) is 0 Å². The first-order chi connectivity index (χ1) is 10.1. The first-order valence-corrected chi connectivity index (χ1v) is 7.48. The van der Waals surface area contributed by atoms with Crippen molar-refractivity contribution in [1.29, 1.82) is 0 Å². The molecule has 1 N–H and O–H groups in total. The summed E-state index contributed by atoms with van der Waals surface area (Å²) in [6.07, 6.45) is 8.36. The molecule has 0 bridgehead atoms. The first-order valence-electron chi connectivity index (χ1n) is 7.10. The van der Waals surface area contributed by atoms with Crippen molar-refractivity contribution in [3.8, 4) is 0 Å². The van der Waals surface area contributed by atoms with Gasteiger partial charge in [0, 0.05) is 25.5 Å². The molecule has 7 heteroatoms. The lowest BCUT2D eigenvalue weighted by atomic mass is 10.2. The van der Waals surface area contributed by atoms with E-state index in [-0.39, 0.29) is 10.7 Å². The fourth-order valence-electron chi connectivity index (χ4n) is 2.24. The summed E-state index contributed by atoms with van der Waals surface area (Å²) in [5.41, 5.74) is -0.214. The van der Waals surface area contributed by atoms with Gasteiger partial charge in [-0.3, -0.25) is 14.3 Å². The highest BCUT2D eigenvalue weighted by molar-refractivity contribution is 6.30. The van der Waals surface area contributed by atoms with Crippen LogP contribution in [0.2, 0.25) is 5.15 Å². The standard InChI is InChI=1S/C14H19ClN4O2/c1-2-5-11-12(15)17-14(21)19(13(11)20)8-4-3-7-18-9-6-16-10-18/h6,9-10H,2-5,7-8H2,1H3,(H,17,21). The second-order valence-corrected chi connectivity index (χ2v) is 5.32. The average molecular weight is 311 g/mol. The number of nitrogens with zero attached hydrogens (tertiary/aromatic N) is 3. The number of aromatic nitrogens is 4. The van der Waals surface area contributed by atoms with Gasteiger partial charge in [-0.1, -0.05) is 24.9 Å². The molecule has 0 radical (unpaired) electrons. The number of aromatic amines is 1. The molecule has 2 heterocycles. The van der Waals surface area contributed by atoms with Crippen molar-refractivity contribution >= 4 is 11.6 Å². The smallest absolute Gasteiger partial charge is 0.329 e. The summed E-state index contributed by atoms with van der Waals surface area (Å²) in [7, 11) is 0. The minimum absolute atomic E-state index is 0.168. The summed E-state index contributed by atoms with van der Waals surface area (Å²) in [6, 6.07) is 0. The van der Waals surface area contributed by atoms with Gasteiger partial charge in [0.25, 0.3) is 5.56 Å². The van der Waals surface area contributed by atoms with Crippen molar-refractivity contribution in [2.75, 3.05) is 0 Å². The Balaban J connectivity index is 2.04. The molecule has 0 saturated heterocycles. The fraction of sp³-hybridized carbons (Fsp3) is 0.500. The lowest BCUT2D eigenvalue weighted by Crippen LogP contribution is -2.37. The quantitative estimate of drug-likeness (QED) is 0.626. The Bertz CT molecular complexity index is 688. The second-order valence-electron chi connectivity index (χ2n) is 4.94. The third kappa shape index (κ3) is 3.85. The van der Waals surface area contributed by atoms with Crippen LogP contribution in [0.4, 0.5) is 0 Å². The molecule has 0 spiro atoms. The van der Waals surface area contributed by atoms with E-state index in [1.807, 2.05) is 17.7 Å². The Hall–Kier alpha value is -1.82. The van der Waals surface area contributed by atoms with Crippen molar-refractivity contribution in [3.05, 3.63) is 50.3 Å². The fourth-order valence-corrected chi connectivity index (χ4v) is 2.50. The number of halogens is 1. The minimum Gasteiger partial charge on any atom is -0.337 e. The zero-order valence-electron chi connectivity index (χ0n) is 12.0. The number of nitrogens with one attached hydrogen (secondary N) is 1. The highest BCUT2D eigenvalue weighted by Crippen LogP contribution is 2.08. The van der Waals surface area contributed by atoms with Crippen LogP contribution in [0, 0.1) is 0 Å². The van der Waals surface area contributed by atoms with Crippen LogP contribution in [0.5, 0.6) is 0 Å². The summed E-state index contributed by atoms with van der Waals surface area (Å²) in [4.78, 5) is 30.6. The molecule has 0 amide bonds. The summed E-state index contributed by atoms with van der Waals surface area (Å²) < 4.78 is 3.21. The molecule has 0 atom stereocenters. The van der Waals surface area contributed by atoms with E-state index in [4.69, 9.17) is 11.6 Å². The Kier molecular flexibility index (Phi) is 5.38. The topological polar surface area (TPSA) is 72.7 Å². The number of hydrogen-bond acceptors (Lipinski definition) is 3. The predicted molar refractivity (Wildman–Crippen MR) is 81.8 cm³/mol. The van der Waals surface area contributed by atoms with E-state index in [0.717, 1.165) is 25.8 Å². The number of rotatable bonds is 7. The molecule has 2 aromatic rings. The molecule has 2 rings (SSSR count). The summed E-state index contributed by atoms with van der Waals surface area (Å²) in [5, 5.41) is 0.168. The molecule has 6 nitrogen and oxygen atoms in total. The van der Waals surface area contributed by atoms with E-state index < -0.39 is 5.69 Å². The number of aryl methyl sites for hydroxylation is 1. The van der Waals surface area contributed by atoms with Crippen molar-refractivity contribution < 1.29 is 0 Å². The monoisotopic (exact) mass is 310 g/mol. The van der Waals surface area contributed by atoms with Crippen LogP contribution >= 0.6 is 11.6 Å². The van der Waals surface area contributed by atoms with Crippen LogP contribution in [0.25, 0.3) is 0 Å². The Morgan fingerprint density at radius 2 is 2.05 bits per heavy atom. The third-order valence-electron chi connectivity index (χ3n) is 3.34. The van der Waals surface area contributed by atoms with Gasteiger partial charge < -0.3 is 4.57 Å². The Morgan fingerprint density at radius 1 is 1.29 bits per heavy atom. The van der Waals surface area contributed by atoms with Crippen LogP contribution < -0.4 is 11.2 Å². The molecule has 0 saturated carbocycles. The molecule has 0 aliphatic carbocycles. The lowest BCUT2D eigenvalue weighted by Gasteiger charge is -2.08. The first kappa shape index (κ1) is 15.6. The lowest BCUT2D eigenvalue weighted by molar-refractivity contribution is 0.526. The SMILES string of the molecule is CCCc1c(Cl)[nH]c(=O)n(CCCCn2ccnc2)c1=O. The average Bonchev–Trinajstić information content (AvgIpc) is 2.95. The molecule has 0 aliphatic heterocycles. The molecular weight excluding hydrogens is 292 g/mol. The van der Waals surface area contributed by atoms with Crippen molar-refractivity contribution in [2.24, 2.45) is 0 Å². The molecule has 0 aromatic carbocycles. The maximum atomic E-state index is 12.3. The van der Waals surface area contributed by atoms with E-state index in [1.54, 1.807) is 12.5 Å². The zero-order valence-corrected chi connectivity index (χ0v) is 12.8. The Morgan fingerprint density at radius 3 is 2.71 bits per heavy atom. The second kappa shape index (κ2) is 7.26. The van der Waals surface area contributed by atoms with Crippen molar-refractivity contribution in [3.63, 3.8) is 0 Å². The van der Waals surface area contributed by atoms with E-state index in [9.17, 15) is 9.59 Å². The molecular formula is C14H19ClN4O2. The van der Waals surface area contributed by atoms with Crippen LogP contribution in [-0.4, -0.2) is 19.1 Å². The normalized spacial score (nSPS) is 11.0. The molecule has 0 aliphatic rings. The van der Waals surface area contributed by atoms with Gasteiger partial charge in [0.15, 0.2) is 0 Å². The zero-order chi connectivity index (χ0) is 15.2. The van der Waals surface area contributed by atoms with Crippen molar-refractivity contribution in [1.82, 2.24) is 19.1 Å². The number of hydrogen-bond donors (Lipinski definition) is 1. The molecule has 0 fully saturated rings. The molecule has 2 aromatic heterocycles. The summed E-state index contributed by atoms with van der Waals surface area (Å²) in [6.45, 7) is 3.19. The summed E-state index contributed by atoms with van der Waals surface area (Å²) >= 11 is 5.94. The van der Waals surface area contributed by atoms with E-state index >= 15 is 0 Å². The maximum Gasteiger partial charge on any atom is 0.329 e. The summed E-state index contributed by atoms with van der Waals surface area (Å²) in [5.74, 6) is 0. The highest BCUT2D eigenvalue weighted by atomic mass is 35.5. The highest BCUT2D eigenvalue weighted by Gasteiger charge is 2.11. The van der Waals surface area contributed by atoms with Crippen molar-refractivity contribution in [2.45, 2.75) is 45.7 Å². The van der Waals surface area contributed by atoms with E-state index in [2.05, 4.69) is 9.97 Å². The maximum absolute atomic E-state index is 12.3. The predicted octanol–water partition coefficient (Wildman–Crippen LogP) is 1.82. The Labute approximate surface area is 127 Å². The van der Waals surface area contributed by atoms with E-state index in [1.165, 1.54) is 4.57 Å². The van der Waals surface area contributed by atoms with Gasteiger partial charge in [0.1, 0.15) is 5.15 Å². The number of unbranched alkanes of at least 4 members (excludes halogenated alkanes) is 1. The van der Waals surface area contributed by atoms with Gasteiger partial charge in [0.05, 0.1) is 11.9 Å². The third-order valence-corrected chi connectivity index (χ3v) is 3.66. The van der Waals surface area contributed by atoms with Gasteiger partial charge >= 0.3 is 5.69 Å². The molecule has 21 heavy (non-hydrogen) atoms. The van der Waals surface area contributed by atoms with Crippen LogP contribution in [0.15, 0.2) is 28.3 Å². The van der Waals surface area contributed by atoms with Gasteiger partial charge in [-0.05, 0) is 19.3 Å². The van der Waals surface area contributed by atoms with Crippen LogP contribution in [-0.2, 0) is 19.5 Å². The molecule has 0 unspecified atom stereocenters. The van der Waals surface area contributed by atoms with E-state index in [0.29, 0.717) is 18.5 Å². The number of H-pyrrole nitrogens is 1. The van der Waals surface area contributed by atoms with Gasteiger partial charge in [-0.15, -0.1) is 0 Å².